The molecule has 0 saturated heterocycles. The standard InChI is InChI=1S/C14H23NO.C2H6/c1-12-7-6-8-13(9-12)16-11-14(2,3)10-15(4)5;1-2/h6-9H,10-11H2,1-5H3;1-2H3. The maximum atomic E-state index is 5.83. The fourth-order valence-electron chi connectivity index (χ4n) is 1.89. The Morgan fingerprint density at radius 3 is 2.28 bits per heavy atom. The number of hydrogen-bond donors (Lipinski definition) is 0. The van der Waals surface area contributed by atoms with E-state index in [2.05, 4.69) is 51.9 Å². The Labute approximate surface area is 113 Å². The van der Waals surface area contributed by atoms with Gasteiger partial charge in [-0.25, -0.2) is 0 Å². The van der Waals surface area contributed by atoms with Crippen molar-refractivity contribution in [2.24, 2.45) is 5.41 Å². The van der Waals surface area contributed by atoms with Gasteiger partial charge in [-0.3, -0.25) is 0 Å². The Balaban J connectivity index is 0.00000137. The molecule has 0 saturated carbocycles. The van der Waals surface area contributed by atoms with E-state index in [0.29, 0.717) is 0 Å². The summed E-state index contributed by atoms with van der Waals surface area (Å²) in [6, 6.07) is 8.20. The van der Waals surface area contributed by atoms with Gasteiger partial charge in [0.2, 0.25) is 0 Å². The monoisotopic (exact) mass is 251 g/mol. The second-order valence-electron chi connectivity index (χ2n) is 5.51. The second-order valence-corrected chi connectivity index (χ2v) is 5.51. The molecule has 0 aliphatic rings. The van der Waals surface area contributed by atoms with Gasteiger partial charge in [-0.2, -0.15) is 0 Å². The smallest absolute Gasteiger partial charge is 0.119 e. The van der Waals surface area contributed by atoms with Gasteiger partial charge in [-0.05, 0) is 38.7 Å². The van der Waals surface area contributed by atoms with Crippen LogP contribution in [0.4, 0.5) is 0 Å². The number of hydrogen-bond acceptors (Lipinski definition) is 2. The van der Waals surface area contributed by atoms with Crippen molar-refractivity contribution >= 4 is 0 Å². The highest BCUT2D eigenvalue weighted by Gasteiger charge is 2.19. The molecule has 2 nitrogen and oxygen atoms in total. The Morgan fingerprint density at radius 1 is 1.17 bits per heavy atom. The van der Waals surface area contributed by atoms with Gasteiger partial charge in [-0.15, -0.1) is 0 Å². The highest BCUT2D eigenvalue weighted by Crippen LogP contribution is 2.19. The van der Waals surface area contributed by atoms with Crippen molar-refractivity contribution in [3.63, 3.8) is 0 Å². The highest BCUT2D eigenvalue weighted by atomic mass is 16.5. The van der Waals surface area contributed by atoms with E-state index in [0.717, 1.165) is 18.9 Å². The van der Waals surface area contributed by atoms with Gasteiger partial charge in [0, 0.05) is 12.0 Å². The first-order chi connectivity index (χ1) is 8.39. The van der Waals surface area contributed by atoms with Crippen LogP contribution >= 0.6 is 0 Å². The van der Waals surface area contributed by atoms with Crippen LogP contribution in [0.15, 0.2) is 24.3 Å². The Morgan fingerprint density at radius 2 is 1.78 bits per heavy atom. The Hall–Kier alpha value is -1.02. The largest absolute Gasteiger partial charge is 0.493 e. The van der Waals surface area contributed by atoms with Gasteiger partial charge in [0.1, 0.15) is 5.75 Å². The Kier molecular flexibility index (Phi) is 7.69. The Bertz CT molecular complexity index is 332. The minimum absolute atomic E-state index is 0.174. The fourth-order valence-corrected chi connectivity index (χ4v) is 1.89. The molecule has 0 N–H and O–H groups in total. The van der Waals surface area contributed by atoms with E-state index in [1.807, 2.05) is 26.0 Å². The van der Waals surface area contributed by atoms with Crippen LogP contribution in [0.25, 0.3) is 0 Å². The molecule has 18 heavy (non-hydrogen) atoms. The fraction of sp³-hybridized carbons (Fsp3) is 0.625. The summed E-state index contributed by atoms with van der Waals surface area (Å²) in [6.45, 7) is 12.3. The first kappa shape index (κ1) is 17.0. The van der Waals surface area contributed by atoms with E-state index >= 15 is 0 Å². The van der Waals surface area contributed by atoms with E-state index in [1.165, 1.54) is 5.56 Å². The van der Waals surface area contributed by atoms with Crippen molar-refractivity contribution < 1.29 is 4.74 Å². The van der Waals surface area contributed by atoms with Crippen LogP contribution < -0.4 is 4.74 Å². The van der Waals surface area contributed by atoms with Crippen LogP contribution in [-0.2, 0) is 0 Å². The van der Waals surface area contributed by atoms with E-state index in [-0.39, 0.29) is 5.41 Å². The van der Waals surface area contributed by atoms with Crippen molar-refractivity contribution in [3.05, 3.63) is 29.8 Å². The summed E-state index contributed by atoms with van der Waals surface area (Å²) in [5.41, 5.74) is 1.41. The summed E-state index contributed by atoms with van der Waals surface area (Å²) in [5, 5.41) is 0. The zero-order chi connectivity index (χ0) is 14.2. The third-order valence-corrected chi connectivity index (χ3v) is 2.36. The molecule has 1 rings (SSSR count). The lowest BCUT2D eigenvalue weighted by Crippen LogP contribution is -2.33. The quantitative estimate of drug-likeness (QED) is 0.784. The molecule has 0 heterocycles. The van der Waals surface area contributed by atoms with Gasteiger partial charge < -0.3 is 9.64 Å². The van der Waals surface area contributed by atoms with Gasteiger partial charge in [-0.1, -0.05) is 39.8 Å². The van der Waals surface area contributed by atoms with E-state index < -0.39 is 0 Å². The number of nitrogens with zero attached hydrogens (tertiary/aromatic N) is 1. The van der Waals surface area contributed by atoms with E-state index in [9.17, 15) is 0 Å². The number of aryl methyl sites for hydroxylation is 1. The molecule has 104 valence electrons. The molecule has 0 atom stereocenters. The molecule has 0 aliphatic carbocycles. The molecule has 0 spiro atoms. The van der Waals surface area contributed by atoms with Gasteiger partial charge >= 0.3 is 0 Å². The lowest BCUT2D eigenvalue weighted by Gasteiger charge is -2.28. The molecule has 0 bridgehead atoms. The van der Waals surface area contributed by atoms with Crippen molar-refractivity contribution in [1.82, 2.24) is 4.90 Å². The minimum Gasteiger partial charge on any atom is -0.493 e. The summed E-state index contributed by atoms with van der Waals surface area (Å²) >= 11 is 0. The van der Waals surface area contributed by atoms with Crippen molar-refractivity contribution in [3.8, 4) is 5.75 Å². The van der Waals surface area contributed by atoms with E-state index in [4.69, 9.17) is 4.74 Å². The molecule has 0 radical (unpaired) electrons. The summed E-state index contributed by atoms with van der Waals surface area (Å²) in [7, 11) is 4.18. The molecule has 0 fully saturated rings. The molecular weight excluding hydrogens is 222 g/mol. The SMILES string of the molecule is CC.Cc1cccc(OCC(C)(C)CN(C)C)c1. The topological polar surface area (TPSA) is 12.5 Å². The van der Waals surface area contributed by atoms with Crippen molar-refractivity contribution in [2.75, 3.05) is 27.2 Å². The number of rotatable bonds is 5. The van der Waals surface area contributed by atoms with Crippen LogP contribution in [-0.4, -0.2) is 32.1 Å². The first-order valence-corrected chi connectivity index (χ1v) is 6.73. The summed E-state index contributed by atoms with van der Waals surface area (Å²) in [4.78, 5) is 2.19. The lowest BCUT2D eigenvalue weighted by atomic mass is 9.94. The lowest BCUT2D eigenvalue weighted by molar-refractivity contribution is 0.141. The first-order valence-electron chi connectivity index (χ1n) is 6.73. The summed E-state index contributed by atoms with van der Waals surface area (Å²) in [6.07, 6.45) is 0. The predicted molar refractivity (Wildman–Crippen MR) is 80.4 cm³/mol. The number of ether oxygens (including phenoxy) is 1. The average molecular weight is 251 g/mol. The average Bonchev–Trinajstić information content (AvgIpc) is 2.28. The molecule has 1 aromatic rings. The van der Waals surface area contributed by atoms with E-state index in [1.54, 1.807) is 0 Å². The van der Waals surface area contributed by atoms with Crippen molar-refractivity contribution in [2.45, 2.75) is 34.6 Å². The van der Waals surface area contributed by atoms with Gasteiger partial charge in [0.15, 0.2) is 0 Å². The normalized spacial score (nSPS) is 10.9. The molecule has 1 aromatic carbocycles. The van der Waals surface area contributed by atoms with Crippen LogP contribution in [0.5, 0.6) is 5.75 Å². The minimum atomic E-state index is 0.174. The summed E-state index contributed by atoms with van der Waals surface area (Å²) < 4.78 is 5.83. The zero-order valence-electron chi connectivity index (χ0n) is 13.1. The maximum absolute atomic E-state index is 5.83. The van der Waals surface area contributed by atoms with Crippen molar-refractivity contribution in [1.29, 1.82) is 0 Å². The molecule has 2 heteroatoms. The molecule has 0 unspecified atom stereocenters. The molecular formula is C16H29NO. The molecule has 0 amide bonds. The third-order valence-electron chi connectivity index (χ3n) is 2.36. The van der Waals surface area contributed by atoms with Crippen LogP contribution in [0, 0.1) is 12.3 Å². The maximum Gasteiger partial charge on any atom is 0.119 e. The highest BCUT2D eigenvalue weighted by molar-refractivity contribution is 5.27. The summed E-state index contributed by atoms with van der Waals surface area (Å²) in [5.74, 6) is 0.965. The van der Waals surface area contributed by atoms with Crippen LogP contribution in [0.2, 0.25) is 0 Å². The molecule has 0 aliphatic heterocycles. The predicted octanol–water partition coefficient (Wildman–Crippen LogP) is 3.99. The second kappa shape index (κ2) is 8.15. The van der Waals surface area contributed by atoms with Gasteiger partial charge in [0.25, 0.3) is 0 Å². The number of benzene rings is 1. The third kappa shape index (κ3) is 7.33. The van der Waals surface area contributed by atoms with Crippen LogP contribution in [0.3, 0.4) is 0 Å². The zero-order valence-corrected chi connectivity index (χ0v) is 13.1. The van der Waals surface area contributed by atoms with Crippen LogP contribution in [0.1, 0.15) is 33.3 Å². The molecule has 0 aromatic heterocycles. The van der Waals surface area contributed by atoms with Gasteiger partial charge in [0.05, 0.1) is 6.61 Å².